The predicted octanol–water partition coefficient (Wildman–Crippen LogP) is 9.79. The molecular weight excluding hydrogens is 376 g/mol. The van der Waals surface area contributed by atoms with E-state index < -0.39 is 0 Å². The first-order chi connectivity index (χ1) is 13.8. The van der Waals surface area contributed by atoms with E-state index in [2.05, 4.69) is 37.3 Å². The van der Waals surface area contributed by atoms with Crippen LogP contribution in [0.25, 0.3) is 9.40 Å². The summed E-state index contributed by atoms with van der Waals surface area (Å²) < 4.78 is 3.09. The molecule has 0 atom stereocenters. The molecule has 0 saturated heterocycles. The number of thiophene rings is 2. The molecule has 0 unspecified atom stereocenters. The Hall–Kier alpha value is -0.340. The quantitative estimate of drug-likeness (QED) is 0.284. The first kappa shape index (κ1) is 22.3. The van der Waals surface area contributed by atoms with Crippen LogP contribution >= 0.6 is 22.7 Å². The Kier molecular flexibility index (Phi) is 9.88. The van der Waals surface area contributed by atoms with E-state index in [-0.39, 0.29) is 0 Å². The second-order valence-corrected chi connectivity index (χ2v) is 11.6. The Bertz CT molecular complexity index is 626. The maximum Gasteiger partial charge on any atom is 0.0456 e. The van der Waals surface area contributed by atoms with Crippen molar-refractivity contribution in [3.8, 4) is 0 Å². The lowest BCUT2D eigenvalue weighted by molar-refractivity contribution is 0.249. The van der Waals surface area contributed by atoms with Crippen molar-refractivity contribution in [2.24, 2.45) is 11.8 Å². The van der Waals surface area contributed by atoms with E-state index in [1.54, 1.807) is 19.2 Å². The Morgan fingerprint density at radius 2 is 1.18 bits per heavy atom. The monoisotopic (exact) mass is 418 g/mol. The molecule has 0 N–H and O–H groups in total. The van der Waals surface area contributed by atoms with Gasteiger partial charge in [-0.1, -0.05) is 97.3 Å². The minimum Gasteiger partial charge on any atom is -0.139 e. The molecule has 2 heterocycles. The van der Waals surface area contributed by atoms with Crippen LogP contribution in [0.2, 0.25) is 0 Å². The third-order valence-corrected chi connectivity index (χ3v) is 9.20. The molecule has 1 aliphatic rings. The Balaban J connectivity index is 1.28. The molecule has 0 bridgehead atoms. The SMILES string of the molecule is CCCCCCCCCC1CCC(CCc2cc3sc(CCC)cc3s2)CC1. The Labute approximate surface area is 182 Å². The zero-order valence-electron chi connectivity index (χ0n) is 18.4. The van der Waals surface area contributed by atoms with E-state index in [9.17, 15) is 0 Å². The van der Waals surface area contributed by atoms with Crippen molar-refractivity contribution in [2.75, 3.05) is 0 Å². The second kappa shape index (κ2) is 12.4. The molecule has 158 valence electrons. The fourth-order valence-electron chi connectivity index (χ4n) is 4.97. The highest BCUT2D eigenvalue weighted by Crippen LogP contribution is 2.37. The van der Waals surface area contributed by atoms with Gasteiger partial charge in [0.25, 0.3) is 0 Å². The molecule has 0 spiro atoms. The van der Waals surface area contributed by atoms with Crippen molar-refractivity contribution in [2.45, 2.75) is 117 Å². The van der Waals surface area contributed by atoms with Crippen molar-refractivity contribution < 1.29 is 0 Å². The number of hydrogen-bond acceptors (Lipinski definition) is 2. The third kappa shape index (κ3) is 7.17. The average molecular weight is 419 g/mol. The van der Waals surface area contributed by atoms with E-state index in [1.165, 1.54) is 103 Å². The van der Waals surface area contributed by atoms with Gasteiger partial charge in [0.1, 0.15) is 0 Å². The lowest BCUT2D eigenvalue weighted by Crippen LogP contribution is -2.15. The molecule has 0 aromatic carbocycles. The van der Waals surface area contributed by atoms with Crippen molar-refractivity contribution >= 4 is 32.1 Å². The summed E-state index contributed by atoms with van der Waals surface area (Å²) in [7, 11) is 0. The van der Waals surface area contributed by atoms with Crippen LogP contribution in [0.15, 0.2) is 12.1 Å². The minimum atomic E-state index is 1.00. The standard InChI is InChI=1S/C26H42S2/c1-3-5-6-7-8-9-10-12-21-13-15-22(16-14-21)17-18-24-20-26-25(28-24)19-23(27-26)11-4-2/h19-22H,3-18H2,1-2H3. The summed E-state index contributed by atoms with van der Waals surface area (Å²) in [6.07, 6.45) is 23.0. The first-order valence-electron chi connectivity index (χ1n) is 12.3. The normalized spacial score (nSPS) is 20.2. The van der Waals surface area contributed by atoms with Crippen LogP contribution in [-0.2, 0) is 12.8 Å². The smallest absolute Gasteiger partial charge is 0.0456 e. The van der Waals surface area contributed by atoms with Gasteiger partial charge >= 0.3 is 0 Å². The molecule has 2 aromatic heterocycles. The minimum absolute atomic E-state index is 1.00. The van der Waals surface area contributed by atoms with Gasteiger partial charge in [-0.3, -0.25) is 0 Å². The molecule has 2 aromatic rings. The second-order valence-electron chi connectivity index (χ2n) is 9.24. The number of aryl methyl sites for hydroxylation is 2. The molecule has 0 amide bonds. The van der Waals surface area contributed by atoms with Crippen LogP contribution in [0.4, 0.5) is 0 Å². The lowest BCUT2D eigenvalue weighted by Gasteiger charge is -2.28. The van der Waals surface area contributed by atoms with Gasteiger partial charge in [0.2, 0.25) is 0 Å². The van der Waals surface area contributed by atoms with Gasteiger partial charge < -0.3 is 0 Å². The first-order valence-corrected chi connectivity index (χ1v) is 13.9. The van der Waals surface area contributed by atoms with Crippen molar-refractivity contribution in [3.05, 3.63) is 21.9 Å². The molecule has 0 radical (unpaired) electrons. The van der Waals surface area contributed by atoms with E-state index in [0.717, 1.165) is 11.8 Å². The summed E-state index contributed by atoms with van der Waals surface area (Å²) >= 11 is 4.09. The number of hydrogen-bond donors (Lipinski definition) is 0. The van der Waals surface area contributed by atoms with Gasteiger partial charge in [-0.2, -0.15) is 0 Å². The maximum absolute atomic E-state index is 2.50. The number of unbranched alkanes of at least 4 members (excludes halogenated alkanes) is 6. The highest BCUT2D eigenvalue weighted by atomic mass is 32.1. The van der Waals surface area contributed by atoms with Crippen molar-refractivity contribution in [1.29, 1.82) is 0 Å². The van der Waals surface area contributed by atoms with Crippen LogP contribution < -0.4 is 0 Å². The fourth-order valence-corrected chi connectivity index (χ4v) is 7.54. The molecule has 0 nitrogen and oxygen atoms in total. The van der Waals surface area contributed by atoms with Gasteiger partial charge in [0.15, 0.2) is 0 Å². The highest BCUT2D eigenvalue weighted by Gasteiger charge is 2.21. The van der Waals surface area contributed by atoms with E-state index in [4.69, 9.17) is 0 Å². The van der Waals surface area contributed by atoms with Crippen LogP contribution in [0, 0.1) is 11.8 Å². The van der Waals surface area contributed by atoms with Crippen molar-refractivity contribution in [1.82, 2.24) is 0 Å². The van der Waals surface area contributed by atoms with Crippen molar-refractivity contribution in [3.63, 3.8) is 0 Å². The molecule has 1 aliphatic carbocycles. The zero-order valence-corrected chi connectivity index (χ0v) is 20.1. The van der Waals surface area contributed by atoms with E-state index in [0.29, 0.717) is 0 Å². The number of fused-ring (bicyclic) bond motifs is 1. The topological polar surface area (TPSA) is 0 Å². The molecule has 28 heavy (non-hydrogen) atoms. The maximum atomic E-state index is 2.50. The fraction of sp³-hybridized carbons (Fsp3) is 0.769. The third-order valence-electron chi connectivity index (χ3n) is 6.79. The molecule has 3 rings (SSSR count). The largest absolute Gasteiger partial charge is 0.139 e. The van der Waals surface area contributed by atoms with Gasteiger partial charge in [0.05, 0.1) is 0 Å². The molecule has 1 fully saturated rings. The number of rotatable bonds is 13. The lowest BCUT2D eigenvalue weighted by atomic mass is 9.78. The van der Waals surface area contributed by atoms with Gasteiger partial charge in [-0.15, -0.1) is 22.7 Å². The van der Waals surface area contributed by atoms with Gasteiger partial charge in [0, 0.05) is 19.2 Å². The molecule has 1 saturated carbocycles. The van der Waals surface area contributed by atoms with Gasteiger partial charge in [-0.05, 0) is 43.2 Å². The summed E-state index contributed by atoms with van der Waals surface area (Å²) in [5.74, 6) is 2.05. The zero-order chi connectivity index (χ0) is 19.6. The van der Waals surface area contributed by atoms with Crippen LogP contribution in [-0.4, -0.2) is 0 Å². The predicted molar refractivity (Wildman–Crippen MR) is 130 cm³/mol. The van der Waals surface area contributed by atoms with Crippen LogP contribution in [0.1, 0.15) is 113 Å². The summed E-state index contributed by atoms with van der Waals surface area (Å²) in [4.78, 5) is 3.21. The van der Waals surface area contributed by atoms with Crippen LogP contribution in [0.5, 0.6) is 0 Å². The summed E-state index contributed by atoms with van der Waals surface area (Å²) in [5, 5.41) is 0. The Morgan fingerprint density at radius 3 is 1.79 bits per heavy atom. The average Bonchev–Trinajstić information content (AvgIpc) is 3.25. The Morgan fingerprint density at radius 1 is 0.643 bits per heavy atom. The summed E-state index contributed by atoms with van der Waals surface area (Å²) in [6, 6.07) is 4.95. The van der Waals surface area contributed by atoms with Crippen LogP contribution in [0.3, 0.4) is 0 Å². The molecular formula is C26H42S2. The molecule has 2 heteroatoms. The molecule has 0 aliphatic heterocycles. The summed E-state index contributed by atoms with van der Waals surface area (Å²) in [6.45, 7) is 4.59. The summed E-state index contributed by atoms with van der Waals surface area (Å²) in [5.41, 5.74) is 0. The van der Waals surface area contributed by atoms with E-state index in [1.807, 2.05) is 11.3 Å². The van der Waals surface area contributed by atoms with Gasteiger partial charge in [-0.25, -0.2) is 0 Å². The van der Waals surface area contributed by atoms with E-state index >= 15 is 0 Å². The highest BCUT2D eigenvalue weighted by molar-refractivity contribution is 7.27.